The van der Waals surface area contributed by atoms with Gasteiger partial charge in [0.2, 0.25) is 0 Å². The van der Waals surface area contributed by atoms with Gasteiger partial charge in [0, 0.05) is 19.1 Å². The van der Waals surface area contributed by atoms with Crippen molar-refractivity contribution >= 4 is 17.8 Å². The van der Waals surface area contributed by atoms with Crippen molar-refractivity contribution in [3.05, 3.63) is 59.7 Å². The first-order valence-corrected chi connectivity index (χ1v) is 7.27. The molecular formula is C19H18O5. The minimum atomic E-state index is -0.536. The van der Waals surface area contributed by atoms with Gasteiger partial charge in [0.15, 0.2) is 5.78 Å². The molecule has 2 aromatic rings. The standard InChI is InChI=1S/C19H18O5/c1-13(20)24-18-12-15(22-2)11-17(23-3)19(18)16(21)10-9-14-7-5-4-6-8-14/h4-12H,1-3H3. The van der Waals surface area contributed by atoms with Gasteiger partial charge in [-0.05, 0) is 11.6 Å². The Morgan fingerprint density at radius 3 is 2.21 bits per heavy atom. The van der Waals surface area contributed by atoms with Crippen LogP contribution in [0.4, 0.5) is 0 Å². The molecule has 0 fully saturated rings. The number of benzene rings is 2. The van der Waals surface area contributed by atoms with E-state index in [1.165, 1.54) is 33.3 Å². The molecule has 5 nitrogen and oxygen atoms in total. The predicted octanol–water partition coefficient (Wildman–Crippen LogP) is 3.53. The van der Waals surface area contributed by atoms with Gasteiger partial charge in [0.25, 0.3) is 0 Å². The maximum Gasteiger partial charge on any atom is 0.308 e. The van der Waals surface area contributed by atoms with E-state index in [0.717, 1.165) is 5.56 Å². The van der Waals surface area contributed by atoms with E-state index in [9.17, 15) is 9.59 Å². The highest BCUT2D eigenvalue weighted by Gasteiger charge is 2.20. The van der Waals surface area contributed by atoms with Crippen LogP contribution in [0, 0.1) is 0 Å². The van der Waals surface area contributed by atoms with Gasteiger partial charge in [-0.15, -0.1) is 0 Å². The number of hydrogen-bond acceptors (Lipinski definition) is 5. The average Bonchev–Trinajstić information content (AvgIpc) is 2.59. The summed E-state index contributed by atoms with van der Waals surface area (Å²) in [5.41, 5.74) is 1.05. The molecule has 0 aliphatic heterocycles. The zero-order chi connectivity index (χ0) is 17.5. The lowest BCUT2D eigenvalue weighted by Crippen LogP contribution is -2.08. The fraction of sp³-hybridized carbons (Fsp3) is 0.158. The lowest BCUT2D eigenvalue weighted by atomic mass is 10.1. The third-order valence-electron chi connectivity index (χ3n) is 3.22. The monoisotopic (exact) mass is 326 g/mol. The number of allylic oxidation sites excluding steroid dienone is 1. The SMILES string of the molecule is COc1cc(OC)c(C(=O)C=Cc2ccccc2)c(OC(C)=O)c1. The summed E-state index contributed by atoms with van der Waals surface area (Å²) in [5.74, 6) is -0.0811. The topological polar surface area (TPSA) is 61.8 Å². The summed E-state index contributed by atoms with van der Waals surface area (Å²) in [6.07, 6.45) is 3.09. The highest BCUT2D eigenvalue weighted by atomic mass is 16.5. The van der Waals surface area contributed by atoms with Crippen LogP contribution in [0.15, 0.2) is 48.5 Å². The smallest absolute Gasteiger partial charge is 0.308 e. The predicted molar refractivity (Wildman–Crippen MR) is 90.7 cm³/mol. The van der Waals surface area contributed by atoms with Crippen molar-refractivity contribution in [1.29, 1.82) is 0 Å². The molecule has 2 rings (SSSR count). The van der Waals surface area contributed by atoms with Crippen molar-refractivity contribution in [3.8, 4) is 17.2 Å². The summed E-state index contributed by atoms with van der Waals surface area (Å²) in [4.78, 5) is 23.9. The van der Waals surface area contributed by atoms with Gasteiger partial charge in [0.1, 0.15) is 22.8 Å². The molecule has 24 heavy (non-hydrogen) atoms. The summed E-state index contributed by atoms with van der Waals surface area (Å²) in [6, 6.07) is 12.4. The molecule has 5 heteroatoms. The van der Waals surface area contributed by atoms with E-state index < -0.39 is 5.97 Å². The van der Waals surface area contributed by atoms with Crippen molar-refractivity contribution in [3.63, 3.8) is 0 Å². The van der Waals surface area contributed by atoms with E-state index >= 15 is 0 Å². The zero-order valence-electron chi connectivity index (χ0n) is 13.7. The van der Waals surface area contributed by atoms with E-state index in [4.69, 9.17) is 14.2 Å². The Balaban J connectivity index is 2.44. The average molecular weight is 326 g/mol. The first-order valence-electron chi connectivity index (χ1n) is 7.27. The summed E-state index contributed by atoms with van der Waals surface area (Å²) in [5, 5.41) is 0. The third-order valence-corrected chi connectivity index (χ3v) is 3.22. The Bertz CT molecular complexity index is 763. The number of carbonyl (C=O) groups excluding carboxylic acids is 2. The number of ketones is 1. The van der Waals surface area contributed by atoms with Crippen molar-refractivity contribution < 1.29 is 23.8 Å². The minimum Gasteiger partial charge on any atom is -0.496 e. The van der Waals surface area contributed by atoms with Crippen LogP contribution in [-0.2, 0) is 4.79 Å². The Kier molecular flexibility index (Phi) is 5.73. The molecule has 0 aliphatic carbocycles. The second kappa shape index (κ2) is 7.97. The van der Waals surface area contributed by atoms with Gasteiger partial charge in [-0.3, -0.25) is 9.59 Å². The molecule has 0 saturated heterocycles. The molecule has 0 amide bonds. The van der Waals surface area contributed by atoms with Crippen molar-refractivity contribution in [2.75, 3.05) is 14.2 Å². The Labute approximate surface area is 140 Å². The molecule has 2 aromatic carbocycles. The van der Waals surface area contributed by atoms with Crippen LogP contribution in [0.25, 0.3) is 6.08 Å². The molecule has 0 atom stereocenters. The van der Waals surface area contributed by atoms with Crippen LogP contribution in [0.5, 0.6) is 17.2 Å². The number of rotatable bonds is 6. The molecule has 0 aliphatic rings. The summed E-state index contributed by atoms with van der Waals surface area (Å²) < 4.78 is 15.5. The molecule has 0 spiro atoms. The highest BCUT2D eigenvalue weighted by Crippen LogP contribution is 2.35. The fourth-order valence-corrected chi connectivity index (χ4v) is 2.14. The number of ether oxygens (including phenoxy) is 3. The quantitative estimate of drug-likeness (QED) is 0.352. The van der Waals surface area contributed by atoms with Crippen molar-refractivity contribution in [2.45, 2.75) is 6.92 Å². The first-order chi connectivity index (χ1) is 11.5. The molecule has 0 bridgehead atoms. The van der Waals surface area contributed by atoms with E-state index in [0.29, 0.717) is 5.75 Å². The maximum absolute atomic E-state index is 12.6. The summed E-state index contributed by atoms with van der Waals surface area (Å²) >= 11 is 0. The van der Waals surface area contributed by atoms with Crippen molar-refractivity contribution in [2.24, 2.45) is 0 Å². The van der Waals surface area contributed by atoms with Crippen LogP contribution in [0.1, 0.15) is 22.8 Å². The van der Waals surface area contributed by atoms with Crippen LogP contribution < -0.4 is 14.2 Å². The number of methoxy groups -OCH3 is 2. The van der Waals surface area contributed by atoms with Crippen LogP contribution in [0.2, 0.25) is 0 Å². The number of esters is 1. The molecule has 0 N–H and O–H groups in total. The van der Waals surface area contributed by atoms with Gasteiger partial charge in [-0.2, -0.15) is 0 Å². The van der Waals surface area contributed by atoms with E-state index in [1.54, 1.807) is 12.1 Å². The number of carbonyl (C=O) groups is 2. The molecular weight excluding hydrogens is 308 g/mol. The lowest BCUT2D eigenvalue weighted by molar-refractivity contribution is -0.131. The molecule has 0 aromatic heterocycles. The van der Waals surface area contributed by atoms with E-state index in [-0.39, 0.29) is 22.8 Å². The van der Waals surface area contributed by atoms with Gasteiger partial charge in [-0.1, -0.05) is 36.4 Å². The van der Waals surface area contributed by atoms with Crippen LogP contribution in [-0.4, -0.2) is 26.0 Å². The maximum atomic E-state index is 12.6. The lowest BCUT2D eigenvalue weighted by Gasteiger charge is -2.13. The summed E-state index contributed by atoms with van der Waals surface area (Å²) in [7, 11) is 2.91. The van der Waals surface area contributed by atoms with E-state index in [2.05, 4.69) is 0 Å². The Morgan fingerprint density at radius 2 is 1.62 bits per heavy atom. The highest BCUT2D eigenvalue weighted by molar-refractivity contribution is 6.11. The third kappa shape index (κ3) is 4.23. The Morgan fingerprint density at radius 1 is 0.958 bits per heavy atom. The van der Waals surface area contributed by atoms with Gasteiger partial charge >= 0.3 is 5.97 Å². The second-order valence-corrected chi connectivity index (χ2v) is 4.90. The van der Waals surface area contributed by atoms with Crippen LogP contribution in [0.3, 0.4) is 0 Å². The molecule has 0 saturated carbocycles. The largest absolute Gasteiger partial charge is 0.496 e. The second-order valence-electron chi connectivity index (χ2n) is 4.90. The minimum absolute atomic E-state index is 0.0985. The van der Waals surface area contributed by atoms with E-state index in [1.807, 2.05) is 30.3 Å². The normalized spacial score (nSPS) is 10.5. The number of hydrogen-bond donors (Lipinski definition) is 0. The molecule has 124 valence electrons. The van der Waals surface area contributed by atoms with Gasteiger partial charge in [-0.25, -0.2) is 0 Å². The van der Waals surface area contributed by atoms with Gasteiger partial charge < -0.3 is 14.2 Å². The fourth-order valence-electron chi connectivity index (χ4n) is 2.14. The Hall–Kier alpha value is -3.08. The molecule has 0 radical (unpaired) electrons. The van der Waals surface area contributed by atoms with Gasteiger partial charge in [0.05, 0.1) is 14.2 Å². The zero-order valence-corrected chi connectivity index (χ0v) is 13.7. The molecule has 0 heterocycles. The molecule has 0 unspecified atom stereocenters. The van der Waals surface area contributed by atoms with Crippen molar-refractivity contribution in [1.82, 2.24) is 0 Å². The van der Waals surface area contributed by atoms with Crippen LogP contribution >= 0.6 is 0 Å². The summed E-state index contributed by atoms with van der Waals surface area (Å²) in [6.45, 7) is 1.26. The first kappa shape index (κ1) is 17.3.